The molecule has 1 saturated heterocycles. The van der Waals surface area contributed by atoms with Crippen LogP contribution >= 0.6 is 0 Å². The molecule has 31 heavy (non-hydrogen) atoms. The van der Waals surface area contributed by atoms with E-state index in [1.54, 1.807) is 0 Å². The molecule has 2 fully saturated rings. The summed E-state index contributed by atoms with van der Waals surface area (Å²) >= 11 is 0. The number of aryl methyl sites for hydroxylation is 1. The lowest BCUT2D eigenvalue weighted by Gasteiger charge is -2.09. The highest BCUT2D eigenvalue weighted by Gasteiger charge is 2.38. The van der Waals surface area contributed by atoms with Crippen molar-refractivity contribution in [3.05, 3.63) is 71.1 Å². The van der Waals surface area contributed by atoms with Crippen molar-refractivity contribution in [1.82, 2.24) is 20.0 Å². The zero-order valence-electron chi connectivity index (χ0n) is 17.9. The first-order valence-electron chi connectivity index (χ1n) is 11.2. The molecule has 3 aromatic rings. The maximum atomic E-state index is 5.43. The van der Waals surface area contributed by atoms with Gasteiger partial charge in [-0.25, -0.2) is 4.98 Å². The second kappa shape index (κ2) is 9.09. The van der Waals surface area contributed by atoms with Gasteiger partial charge in [0.05, 0.1) is 13.2 Å². The molecular formula is C25H28N4O2. The molecule has 1 aliphatic heterocycles. The van der Waals surface area contributed by atoms with Crippen molar-refractivity contribution in [2.75, 3.05) is 19.8 Å². The van der Waals surface area contributed by atoms with Crippen molar-refractivity contribution in [2.24, 2.45) is 5.92 Å². The summed E-state index contributed by atoms with van der Waals surface area (Å²) in [6.45, 7) is 5.59. The zero-order valence-corrected chi connectivity index (χ0v) is 17.9. The summed E-state index contributed by atoms with van der Waals surface area (Å²) in [6, 6.07) is 11.1. The third kappa shape index (κ3) is 4.90. The Morgan fingerprint density at radius 1 is 1.23 bits per heavy atom. The van der Waals surface area contributed by atoms with Gasteiger partial charge in [-0.2, -0.15) is 0 Å². The molecule has 3 atom stereocenters. The van der Waals surface area contributed by atoms with E-state index in [9.17, 15) is 0 Å². The van der Waals surface area contributed by atoms with Crippen LogP contribution in [0, 0.1) is 17.8 Å². The van der Waals surface area contributed by atoms with Gasteiger partial charge in [-0.05, 0) is 54.8 Å². The Balaban J connectivity index is 1.14. The van der Waals surface area contributed by atoms with Crippen molar-refractivity contribution in [3.63, 3.8) is 0 Å². The number of hydrogen-bond acceptors (Lipinski definition) is 5. The van der Waals surface area contributed by atoms with Crippen LogP contribution in [-0.2, 0) is 17.7 Å². The number of aromatic nitrogens is 3. The molecule has 3 heterocycles. The highest BCUT2D eigenvalue weighted by Crippen LogP contribution is 2.47. The molecule has 6 nitrogen and oxygen atoms in total. The lowest BCUT2D eigenvalue weighted by molar-refractivity contribution is 0.190. The third-order valence-corrected chi connectivity index (χ3v) is 6.20. The number of hydrogen-bond donors (Lipinski definition) is 1. The Morgan fingerprint density at radius 3 is 2.94 bits per heavy atom. The molecule has 5 rings (SSSR count). The molecule has 160 valence electrons. The highest BCUT2D eigenvalue weighted by atomic mass is 16.5. The number of nitrogens with zero attached hydrogens (tertiary/aromatic N) is 3. The number of nitrogens with one attached hydrogen (secondary N) is 1. The van der Waals surface area contributed by atoms with Crippen LogP contribution in [0.15, 0.2) is 47.2 Å². The minimum Gasteiger partial charge on any atom is -0.380 e. The minimum absolute atomic E-state index is 0.546. The SMILES string of the molecule is CCc1nccn1Cc1cc(C#Cc2ccc(C3CC3CN[C@@H]3CCOC3)cc2)on1. The van der Waals surface area contributed by atoms with Crippen molar-refractivity contribution >= 4 is 0 Å². The number of benzene rings is 1. The van der Waals surface area contributed by atoms with Crippen LogP contribution in [-0.4, -0.2) is 40.5 Å². The first-order chi connectivity index (χ1) is 15.3. The van der Waals surface area contributed by atoms with E-state index < -0.39 is 0 Å². The largest absolute Gasteiger partial charge is 0.380 e. The Hall–Kier alpha value is -2.88. The van der Waals surface area contributed by atoms with Gasteiger partial charge < -0.3 is 19.1 Å². The smallest absolute Gasteiger partial charge is 0.210 e. The number of rotatable bonds is 7. The summed E-state index contributed by atoms with van der Waals surface area (Å²) in [6.07, 6.45) is 7.07. The summed E-state index contributed by atoms with van der Waals surface area (Å²) < 4.78 is 12.9. The Bertz CT molecular complexity index is 1070. The van der Waals surface area contributed by atoms with Gasteiger partial charge in [0.1, 0.15) is 11.5 Å². The topological polar surface area (TPSA) is 65.1 Å². The first-order valence-corrected chi connectivity index (χ1v) is 11.2. The van der Waals surface area contributed by atoms with Crippen molar-refractivity contribution in [3.8, 4) is 11.8 Å². The molecule has 2 aromatic heterocycles. The fraction of sp³-hybridized carbons (Fsp3) is 0.440. The van der Waals surface area contributed by atoms with Gasteiger partial charge in [-0.15, -0.1) is 0 Å². The average molecular weight is 417 g/mol. The van der Waals surface area contributed by atoms with E-state index in [0.717, 1.165) is 55.6 Å². The maximum Gasteiger partial charge on any atom is 0.210 e. The van der Waals surface area contributed by atoms with E-state index in [0.29, 0.717) is 24.3 Å². The van der Waals surface area contributed by atoms with E-state index in [1.165, 1.54) is 12.0 Å². The third-order valence-electron chi connectivity index (χ3n) is 6.20. The van der Waals surface area contributed by atoms with Gasteiger partial charge in [0.25, 0.3) is 0 Å². The van der Waals surface area contributed by atoms with Gasteiger partial charge in [0.15, 0.2) is 0 Å². The van der Waals surface area contributed by atoms with E-state index in [2.05, 4.69) is 63.1 Å². The van der Waals surface area contributed by atoms with Crippen molar-refractivity contribution < 1.29 is 9.26 Å². The second-order valence-electron chi connectivity index (χ2n) is 8.45. The van der Waals surface area contributed by atoms with Crippen LogP contribution in [0.3, 0.4) is 0 Å². The first kappa shape index (κ1) is 20.0. The zero-order chi connectivity index (χ0) is 21.0. The Morgan fingerprint density at radius 2 is 2.13 bits per heavy atom. The van der Waals surface area contributed by atoms with Crippen LogP contribution < -0.4 is 5.32 Å². The predicted octanol–water partition coefficient (Wildman–Crippen LogP) is 3.36. The fourth-order valence-electron chi connectivity index (χ4n) is 4.26. The van der Waals surface area contributed by atoms with Crippen LogP contribution in [0.25, 0.3) is 0 Å². The van der Waals surface area contributed by atoms with Crippen LogP contribution in [0.1, 0.15) is 54.1 Å². The fourth-order valence-corrected chi connectivity index (χ4v) is 4.26. The molecule has 1 aliphatic carbocycles. The molecular weight excluding hydrogens is 388 g/mol. The molecule has 0 radical (unpaired) electrons. The number of ether oxygens (including phenoxy) is 1. The van der Waals surface area contributed by atoms with Gasteiger partial charge in [-0.3, -0.25) is 0 Å². The van der Waals surface area contributed by atoms with Gasteiger partial charge in [-0.1, -0.05) is 30.1 Å². The summed E-state index contributed by atoms with van der Waals surface area (Å²) in [7, 11) is 0. The second-order valence-corrected chi connectivity index (χ2v) is 8.45. The lowest BCUT2D eigenvalue weighted by Crippen LogP contribution is -2.31. The standard InChI is InChI=1S/C25H28N4O2/c1-2-25-26-10-11-29(25)16-22-14-23(31-28-22)8-5-18-3-6-19(7-4-18)24-13-20(24)15-27-21-9-12-30-17-21/h3-4,6-7,10-11,14,20-21,24,27H,2,9,12-13,15-17H2,1H3/t20?,21-,24?/m1/s1. The molecule has 1 N–H and O–H groups in total. The van der Waals surface area contributed by atoms with Crippen LogP contribution in [0.2, 0.25) is 0 Å². The number of imidazole rings is 1. The molecule has 0 amide bonds. The van der Waals surface area contributed by atoms with Crippen molar-refractivity contribution in [2.45, 2.75) is 44.7 Å². The average Bonchev–Trinajstić information content (AvgIpc) is 3.19. The molecule has 2 aliphatic rings. The van der Waals surface area contributed by atoms with E-state index in [-0.39, 0.29) is 0 Å². The van der Waals surface area contributed by atoms with Crippen LogP contribution in [0.5, 0.6) is 0 Å². The van der Waals surface area contributed by atoms with E-state index in [1.807, 2.05) is 18.5 Å². The molecule has 1 aromatic carbocycles. The highest BCUT2D eigenvalue weighted by molar-refractivity contribution is 5.42. The normalized spacial score (nSPS) is 22.3. The van der Waals surface area contributed by atoms with E-state index in [4.69, 9.17) is 9.26 Å². The van der Waals surface area contributed by atoms with Crippen molar-refractivity contribution in [1.29, 1.82) is 0 Å². The predicted molar refractivity (Wildman–Crippen MR) is 118 cm³/mol. The quantitative estimate of drug-likeness (QED) is 0.599. The molecule has 2 unspecified atom stereocenters. The summed E-state index contributed by atoms with van der Waals surface area (Å²) in [5.74, 6) is 9.31. The molecule has 6 heteroatoms. The van der Waals surface area contributed by atoms with Crippen LogP contribution in [0.4, 0.5) is 0 Å². The Labute approximate surface area is 183 Å². The summed E-state index contributed by atoms with van der Waals surface area (Å²) in [5.41, 5.74) is 3.25. The minimum atomic E-state index is 0.546. The Kier molecular flexibility index (Phi) is 5.88. The van der Waals surface area contributed by atoms with Gasteiger partial charge >= 0.3 is 0 Å². The molecule has 0 bridgehead atoms. The molecule has 1 saturated carbocycles. The van der Waals surface area contributed by atoms with Gasteiger partial charge in [0.2, 0.25) is 5.76 Å². The van der Waals surface area contributed by atoms with E-state index >= 15 is 0 Å². The summed E-state index contributed by atoms with van der Waals surface area (Å²) in [4.78, 5) is 4.34. The molecule has 0 spiro atoms. The monoisotopic (exact) mass is 416 g/mol. The summed E-state index contributed by atoms with van der Waals surface area (Å²) in [5, 5.41) is 7.79. The van der Waals surface area contributed by atoms with Gasteiger partial charge in [0, 0.05) is 43.1 Å². The lowest BCUT2D eigenvalue weighted by atomic mass is 10.1. The maximum absolute atomic E-state index is 5.43.